The minimum absolute atomic E-state index is 0.0661. The van der Waals surface area contributed by atoms with Gasteiger partial charge in [0.25, 0.3) is 0 Å². The molecule has 0 fully saturated rings. The molecule has 0 unspecified atom stereocenters. The van der Waals surface area contributed by atoms with Crippen LogP contribution in [-0.4, -0.2) is 31.4 Å². The molecule has 90 valence electrons. The van der Waals surface area contributed by atoms with E-state index in [1.54, 1.807) is 0 Å². The van der Waals surface area contributed by atoms with Gasteiger partial charge in [0.2, 0.25) is 6.08 Å². The van der Waals surface area contributed by atoms with E-state index in [0.29, 0.717) is 5.56 Å². The highest BCUT2D eigenvalue weighted by molar-refractivity contribution is 5.93. The van der Waals surface area contributed by atoms with Crippen LogP contribution in [0.3, 0.4) is 0 Å². The predicted octanol–water partition coefficient (Wildman–Crippen LogP) is 1.02. The summed E-state index contributed by atoms with van der Waals surface area (Å²) in [6.45, 7) is -0.0661. The van der Waals surface area contributed by atoms with E-state index >= 15 is 0 Å². The van der Waals surface area contributed by atoms with E-state index in [-0.39, 0.29) is 23.6 Å². The number of ether oxygens (including phenoxy) is 2. The molecule has 1 N–H and O–H groups in total. The van der Waals surface area contributed by atoms with Crippen LogP contribution >= 0.6 is 0 Å². The second kappa shape index (κ2) is 5.67. The van der Waals surface area contributed by atoms with Gasteiger partial charge in [-0.15, -0.1) is 0 Å². The first kappa shape index (κ1) is 12.7. The van der Waals surface area contributed by atoms with Crippen molar-refractivity contribution in [3.05, 3.63) is 23.3 Å². The number of nitrogens with zero attached hydrogens (tertiary/aromatic N) is 1. The molecule has 0 saturated carbocycles. The highest BCUT2D eigenvalue weighted by atomic mass is 16.5. The molecule has 1 aromatic rings. The highest BCUT2D eigenvalue weighted by Crippen LogP contribution is 2.29. The van der Waals surface area contributed by atoms with Crippen LogP contribution in [0.1, 0.15) is 15.9 Å². The van der Waals surface area contributed by atoms with Gasteiger partial charge in [-0.1, -0.05) is 0 Å². The number of phenolic OH excluding ortho intramolecular Hbond substituents is 1. The fourth-order valence-corrected chi connectivity index (χ4v) is 1.30. The Bertz CT molecular complexity index is 477. The lowest BCUT2D eigenvalue weighted by atomic mass is 10.1. The normalized spacial score (nSPS) is 9.29. The summed E-state index contributed by atoms with van der Waals surface area (Å²) >= 11 is 0. The molecule has 6 heteroatoms. The largest absolute Gasteiger partial charge is 0.507 e. The number of phenols is 1. The Labute approximate surface area is 97.5 Å². The Kier molecular flexibility index (Phi) is 4.25. The van der Waals surface area contributed by atoms with Crippen LogP contribution in [0.15, 0.2) is 17.1 Å². The third kappa shape index (κ3) is 2.83. The first-order valence-electron chi connectivity index (χ1n) is 4.65. The third-order valence-electron chi connectivity index (χ3n) is 2.12. The standard InChI is InChI=1S/C11H11NO5/c1-16-10-4-9(14)7(5-12-6-13)3-8(10)11(15)17-2/h3-4,14H,5H2,1-2H3. The fraction of sp³-hybridized carbons (Fsp3) is 0.273. The molecule has 0 atom stereocenters. The molecule has 0 bridgehead atoms. The maximum atomic E-state index is 11.4. The van der Waals surface area contributed by atoms with Crippen molar-refractivity contribution < 1.29 is 24.2 Å². The number of hydrogen-bond donors (Lipinski definition) is 1. The van der Waals surface area contributed by atoms with Crippen molar-refractivity contribution >= 4 is 12.0 Å². The van der Waals surface area contributed by atoms with Crippen LogP contribution < -0.4 is 4.74 Å². The smallest absolute Gasteiger partial charge is 0.341 e. The van der Waals surface area contributed by atoms with Gasteiger partial charge in [-0.25, -0.2) is 14.6 Å². The van der Waals surface area contributed by atoms with Gasteiger partial charge in [-0.3, -0.25) is 0 Å². The molecule has 0 aliphatic rings. The van der Waals surface area contributed by atoms with Crippen molar-refractivity contribution in [1.29, 1.82) is 0 Å². The predicted molar refractivity (Wildman–Crippen MR) is 57.8 cm³/mol. The lowest BCUT2D eigenvalue weighted by Gasteiger charge is -2.09. The number of benzene rings is 1. The second-order valence-corrected chi connectivity index (χ2v) is 3.08. The molecule has 0 aliphatic carbocycles. The van der Waals surface area contributed by atoms with Gasteiger partial charge in [0.15, 0.2) is 0 Å². The average Bonchev–Trinajstić information content (AvgIpc) is 2.35. The quantitative estimate of drug-likeness (QED) is 0.480. The van der Waals surface area contributed by atoms with E-state index in [4.69, 9.17) is 4.74 Å². The van der Waals surface area contributed by atoms with Gasteiger partial charge >= 0.3 is 5.97 Å². The number of aliphatic imine (C=N–C) groups is 1. The van der Waals surface area contributed by atoms with Gasteiger partial charge in [-0.2, -0.15) is 0 Å². The summed E-state index contributed by atoms with van der Waals surface area (Å²) in [5, 5.41) is 9.61. The lowest BCUT2D eigenvalue weighted by Crippen LogP contribution is -2.05. The van der Waals surface area contributed by atoms with E-state index in [9.17, 15) is 14.7 Å². The molecule has 0 radical (unpaired) electrons. The Morgan fingerprint density at radius 2 is 2.18 bits per heavy atom. The van der Waals surface area contributed by atoms with Crippen molar-refractivity contribution in [2.24, 2.45) is 4.99 Å². The maximum absolute atomic E-state index is 11.4. The SMILES string of the molecule is COC(=O)c1cc(CN=C=O)c(O)cc1OC. The van der Waals surface area contributed by atoms with Crippen LogP contribution in [0.25, 0.3) is 0 Å². The Hall–Kier alpha value is -2.33. The zero-order valence-corrected chi connectivity index (χ0v) is 9.39. The van der Waals surface area contributed by atoms with Crippen LogP contribution in [-0.2, 0) is 16.1 Å². The molecule has 0 heterocycles. The molecule has 1 aromatic carbocycles. The molecule has 17 heavy (non-hydrogen) atoms. The number of methoxy groups -OCH3 is 2. The molecule has 6 nitrogen and oxygen atoms in total. The van der Waals surface area contributed by atoms with E-state index in [0.717, 1.165) is 0 Å². The minimum Gasteiger partial charge on any atom is -0.507 e. The van der Waals surface area contributed by atoms with Crippen molar-refractivity contribution in [3.63, 3.8) is 0 Å². The van der Waals surface area contributed by atoms with Gasteiger partial charge in [0.1, 0.15) is 17.1 Å². The van der Waals surface area contributed by atoms with E-state index < -0.39 is 5.97 Å². The van der Waals surface area contributed by atoms with Crippen molar-refractivity contribution in [2.45, 2.75) is 6.54 Å². The molecular formula is C11H11NO5. The van der Waals surface area contributed by atoms with Crippen molar-refractivity contribution in [1.82, 2.24) is 0 Å². The number of isocyanates is 1. The average molecular weight is 237 g/mol. The summed E-state index contributed by atoms with van der Waals surface area (Å²) in [4.78, 5) is 24.8. The first-order valence-corrected chi connectivity index (χ1v) is 4.65. The van der Waals surface area contributed by atoms with Gasteiger partial charge in [0, 0.05) is 11.6 Å². The topological polar surface area (TPSA) is 85.2 Å². The van der Waals surface area contributed by atoms with Crippen LogP contribution in [0, 0.1) is 0 Å². The minimum atomic E-state index is -0.599. The summed E-state index contributed by atoms with van der Waals surface area (Å²) in [6.07, 6.45) is 1.35. The van der Waals surface area contributed by atoms with Crippen LogP contribution in [0.5, 0.6) is 11.5 Å². The molecule has 1 rings (SSSR count). The van der Waals surface area contributed by atoms with Gasteiger partial charge in [0.05, 0.1) is 20.8 Å². The molecule has 0 spiro atoms. The molecule has 0 aliphatic heterocycles. The summed E-state index contributed by atoms with van der Waals surface area (Å²) in [6, 6.07) is 2.63. The number of carbonyl (C=O) groups is 1. The van der Waals surface area contributed by atoms with Gasteiger partial charge in [-0.05, 0) is 6.07 Å². The zero-order valence-electron chi connectivity index (χ0n) is 9.39. The Morgan fingerprint density at radius 3 is 2.71 bits per heavy atom. The second-order valence-electron chi connectivity index (χ2n) is 3.08. The Morgan fingerprint density at radius 1 is 1.47 bits per heavy atom. The zero-order chi connectivity index (χ0) is 12.8. The summed E-state index contributed by atoms with van der Waals surface area (Å²) in [5.41, 5.74) is 0.471. The fourth-order valence-electron chi connectivity index (χ4n) is 1.30. The Balaban J connectivity index is 3.26. The monoisotopic (exact) mass is 237 g/mol. The molecule has 0 saturated heterocycles. The summed E-state index contributed by atoms with van der Waals surface area (Å²) in [7, 11) is 2.60. The number of rotatable bonds is 4. The molecule has 0 aromatic heterocycles. The number of carbonyl (C=O) groups excluding carboxylic acids is 2. The van der Waals surface area contributed by atoms with E-state index in [1.807, 2.05) is 0 Å². The van der Waals surface area contributed by atoms with E-state index in [2.05, 4.69) is 9.73 Å². The number of aromatic hydroxyl groups is 1. The van der Waals surface area contributed by atoms with E-state index in [1.165, 1.54) is 32.4 Å². The molecule has 0 amide bonds. The van der Waals surface area contributed by atoms with Gasteiger partial charge < -0.3 is 14.6 Å². The molecular weight excluding hydrogens is 226 g/mol. The van der Waals surface area contributed by atoms with Crippen molar-refractivity contribution in [3.8, 4) is 11.5 Å². The summed E-state index contributed by atoms with van der Waals surface area (Å²) < 4.78 is 9.51. The van der Waals surface area contributed by atoms with Crippen LogP contribution in [0.4, 0.5) is 0 Å². The third-order valence-corrected chi connectivity index (χ3v) is 2.12. The highest BCUT2D eigenvalue weighted by Gasteiger charge is 2.16. The van der Waals surface area contributed by atoms with Crippen LogP contribution in [0.2, 0.25) is 0 Å². The maximum Gasteiger partial charge on any atom is 0.341 e. The lowest BCUT2D eigenvalue weighted by molar-refractivity contribution is 0.0597. The first-order chi connectivity index (χ1) is 8.13. The number of hydrogen-bond acceptors (Lipinski definition) is 6. The number of esters is 1. The van der Waals surface area contributed by atoms with Crippen molar-refractivity contribution in [2.75, 3.05) is 14.2 Å². The summed E-state index contributed by atoms with van der Waals surface area (Å²) in [5.74, 6) is -0.528.